The molecule has 1 amide bonds. The maximum atomic E-state index is 12.5. The molecule has 0 unspecified atom stereocenters. The second-order valence-electron chi connectivity index (χ2n) is 5.70. The highest BCUT2D eigenvalue weighted by molar-refractivity contribution is 7.09. The molecule has 0 aliphatic carbocycles. The summed E-state index contributed by atoms with van der Waals surface area (Å²) in [6.07, 6.45) is 3.03. The van der Waals surface area contributed by atoms with Crippen molar-refractivity contribution in [2.45, 2.75) is 13.1 Å². The summed E-state index contributed by atoms with van der Waals surface area (Å²) in [7, 11) is 0. The number of anilines is 1. The molecular formula is C18H15N5O2S. The van der Waals surface area contributed by atoms with Crippen LogP contribution in [0.15, 0.2) is 65.2 Å². The van der Waals surface area contributed by atoms with E-state index >= 15 is 0 Å². The first-order valence-electron chi connectivity index (χ1n) is 7.99. The lowest BCUT2D eigenvalue weighted by Crippen LogP contribution is -2.28. The van der Waals surface area contributed by atoms with Gasteiger partial charge in [-0.1, -0.05) is 18.2 Å². The van der Waals surface area contributed by atoms with Crippen molar-refractivity contribution in [3.8, 4) is 0 Å². The number of benzene rings is 1. The third-order valence-corrected chi connectivity index (χ3v) is 4.78. The summed E-state index contributed by atoms with van der Waals surface area (Å²) in [6.45, 7) is 0.471. The second-order valence-corrected chi connectivity index (χ2v) is 6.73. The number of amides is 1. The average molecular weight is 365 g/mol. The monoisotopic (exact) mass is 365 g/mol. The van der Waals surface area contributed by atoms with Crippen LogP contribution in [0.4, 0.5) is 5.82 Å². The van der Waals surface area contributed by atoms with Gasteiger partial charge in [-0.05, 0) is 23.6 Å². The molecule has 8 heteroatoms. The lowest BCUT2D eigenvalue weighted by atomic mass is 10.2. The minimum absolute atomic E-state index is 0.110. The highest BCUT2D eigenvalue weighted by Crippen LogP contribution is 2.14. The third kappa shape index (κ3) is 3.27. The molecule has 0 bridgehead atoms. The van der Waals surface area contributed by atoms with Crippen LogP contribution in [-0.4, -0.2) is 25.2 Å². The Balaban J connectivity index is 1.51. The summed E-state index contributed by atoms with van der Waals surface area (Å²) >= 11 is 1.63. The predicted octanol–water partition coefficient (Wildman–Crippen LogP) is 2.34. The topological polar surface area (TPSA) is 81.8 Å². The van der Waals surface area contributed by atoms with Gasteiger partial charge in [0.15, 0.2) is 0 Å². The molecule has 130 valence electrons. The fraction of sp³-hybridized carbons (Fsp3) is 0.111. The van der Waals surface area contributed by atoms with E-state index < -0.39 is 0 Å². The van der Waals surface area contributed by atoms with Crippen LogP contribution in [0.25, 0.3) is 10.9 Å². The molecule has 0 fully saturated rings. The summed E-state index contributed by atoms with van der Waals surface area (Å²) < 4.78 is 3.02. The number of rotatable bonds is 5. The van der Waals surface area contributed by atoms with E-state index in [2.05, 4.69) is 15.4 Å². The quantitative estimate of drug-likeness (QED) is 0.589. The first kappa shape index (κ1) is 16.2. The number of hydrogen-bond donors (Lipinski definition) is 1. The fourth-order valence-electron chi connectivity index (χ4n) is 2.67. The molecule has 0 aliphatic heterocycles. The van der Waals surface area contributed by atoms with E-state index in [0.717, 1.165) is 4.88 Å². The van der Waals surface area contributed by atoms with Crippen molar-refractivity contribution in [3.05, 3.63) is 75.6 Å². The van der Waals surface area contributed by atoms with Crippen LogP contribution in [0.5, 0.6) is 0 Å². The number of fused-ring (bicyclic) bond motifs is 1. The van der Waals surface area contributed by atoms with Gasteiger partial charge in [0.25, 0.3) is 5.56 Å². The molecule has 0 spiro atoms. The number of nitrogens with one attached hydrogen (secondary N) is 1. The summed E-state index contributed by atoms with van der Waals surface area (Å²) in [5.74, 6) is 0.280. The van der Waals surface area contributed by atoms with Crippen molar-refractivity contribution in [3.63, 3.8) is 0 Å². The minimum atomic E-state index is -0.308. The predicted molar refractivity (Wildman–Crippen MR) is 100 cm³/mol. The van der Waals surface area contributed by atoms with Crippen LogP contribution < -0.4 is 10.9 Å². The Morgan fingerprint density at radius 2 is 2.04 bits per heavy atom. The zero-order valence-corrected chi connectivity index (χ0v) is 14.5. The summed E-state index contributed by atoms with van der Waals surface area (Å²) in [5, 5.41) is 9.53. The Hall–Kier alpha value is -3.26. The van der Waals surface area contributed by atoms with E-state index in [4.69, 9.17) is 0 Å². The van der Waals surface area contributed by atoms with Crippen molar-refractivity contribution in [1.29, 1.82) is 0 Å². The lowest BCUT2D eigenvalue weighted by molar-refractivity contribution is -0.116. The van der Waals surface area contributed by atoms with Gasteiger partial charge in [0.2, 0.25) is 5.91 Å². The summed E-state index contributed by atoms with van der Waals surface area (Å²) in [4.78, 5) is 30.2. The third-order valence-electron chi connectivity index (χ3n) is 3.92. The van der Waals surface area contributed by atoms with Crippen LogP contribution in [-0.2, 0) is 17.9 Å². The number of thiophene rings is 1. The van der Waals surface area contributed by atoms with Crippen LogP contribution in [0, 0.1) is 0 Å². The van der Waals surface area contributed by atoms with Crippen molar-refractivity contribution in [1.82, 2.24) is 19.3 Å². The Morgan fingerprint density at radius 1 is 1.15 bits per heavy atom. The molecule has 0 saturated carbocycles. The number of carbonyl (C=O) groups is 1. The molecule has 4 rings (SSSR count). The molecule has 26 heavy (non-hydrogen) atoms. The zero-order valence-electron chi connectivity index (χ0n) is 13.7. The minimum Gasteiger partial charge on any atom is -0.309 e. The van der Waals surface area contributed by atoms with Gasteiger partial charge in [-0.25, -0.2) is 9.67 Å². The number of aromatic nitrogens is 4. The number of carbonyl (C=O) groups excluding carboxylic acids is 1. The standard InChI is InChI=1S/C18H15N5O2S/c24-17(11-22-12-19-15-6-2-1-5-14(15)18(22)25)21-16-7-8-20-23(16)10-13-4-3-9-26-13/h1-9,12H,10-11H2,(H,21,24). The van der Waals surface area contributed by atoms with Crippen LogP contribution in [0.1, 0.15) is 4.88 Å². The molecule has 0 radical (unpaired) electrons. The van der Waals surface area contributed by atoms with Crippen molar-refractivity contribution in [2.24, 2.45) is 0 Å². The van der Waals surface area contributed by atoms with E-state index in [1.165, 1.54) is 10.9 Å². The van der Waals surface area contributed by atoms with E-state index in [1.54, 1.807) is 46.5 Å². The Bertz CT molecular complexity index is 1110. The van der Waals surface area contributed by atoms with Crippen LogP contribution in [0.3, 0.4) is 0 Å². The largest absolute Gasteiger partial charge is 0.309 e. The van der Waals surface area contributed by atoms with Crippen molar-refractivity contribution in [2.75, 3.05) is 5.32 Å². The molecule has 0 atom stereocenters. The molecule has 1 N–H and O–H groups in total. The van der Waals surface area contributed by atoms with E-state index in [9.17, 15) is 9.59 Å². The lowest BCUT2D eigenvalue weighted by Gasteiger charge is -2.09. The first-order valence-corrected chi connectivity index (χ1v) is 8.87. The second kappa shape index (κ2) is 6.93. The highest BCUT2D eigenvalue weighted by atomic mass is 32.1. The van der Waals surface area contributed by atoms with Crippen molar-refractivity contribution >= 4 is 34.0 Å². The smallest absolute Gasteiger partial charge is 0.261 e. The van der Waals surface area contributed by atoms with Crippen LogP contribution >= 0.6 is 11.3 Å². The fourth-order valence-corrected chi connectivity index (χ4v) is 3.36. The molecule has 0 saturated heterocycles. The summed E-state index contributed by atoms with van der Waals surface area (Å²) in [5.41, 5.74) is 0.376. The molecule has 4 aromatic rings. The Kier molecular flexibility index (Phi) is 4.32. The highest BCUT2D eigenvalue weighted by Gasteiger charge is 2.11. The van der Waals surface area contributed by atoms with E-state index in [1.807, 2.05) is 23.6 Å². The zero-order chi connectivity index (χ0) is 17.9. The van der Waals surface area contributed by atoms with Gasteiger partial charge in [0.05, 0.1) is 30.0 Å². The Morgan fingerprint density at radius 3 is 2.88 bits per heavy atom. The average Bonchev–Trinajstić information content (AvgIpc) is 3.31. The first-order chi connectivity index (χ1) is 12.7. The molecule has 3 aromatic heterocycles. The van der Waals surface area contributed by atoms with Gasteiger partial charge in [0, 0.05) is 10.9 Å². The van der Waals surface area contributed by atoms with Crippen LogP contribution in [0.2, 0.25) is 0 Å². The number of para-hydroxylation sites is 1. The van der Waals surface area contributed by atoms with E-state index in [0.29, 0.717) is 23.3 Å². The maximum absolute atomic E-state index is 12.5. The van der Waals surface area contributed by atoms with Gasteiger partial charge in [-0.3, -0.25) is 14.2 Å². The van der Waals surface area contributed by atoms with E-state index in [-0.39, 0.29) is 18.0 Å². The van der Waals surface area contributed by atoms with Gasteiger partial charge < -0.3 is 5.32 Å². The maximum Gasteiger partial charge on any atom is 0.261 e. The van der Waals surface area contributed by atoms with Gasteiger partial charge in [0.1, 0.15) is 12.4 Å². The number of nitrogens with zero attached hydrogens (tertiary/aromatic N) is 4. The molecule has 0 aliphatic rings. The van der Waals surface area contributed by atoms with Gasteiger partial charge >= 0.3 is 0 Å². The molecule has 7 nitrogen and oxygen atoms in total. The molecule has 1 aromatic carbocycles. The van der Waals surface area contributed by atoms with Gasteiger partial charge in [-0.15, -0.1) is 11.3 Å². The van der Waals surface area contributed by atoms with Gasteiger partial charge in [-0.2, -0.15) is 5.10 Å². The number of hydrogen-bond acceptors (Lipinski definition) is 5. The normalized spacial score (nSPS) is 10.9. The molecular weight excluding hydrogens is 350 g/mol. The molecule has 3 heterocycles. The Labute approximate surface area is 152 Å². The van der Waals surface area contributed by atoms with Crippen molar-refractivity contribution < 1.29 is 4.79 Å². The summed E-state index contributed by atoms with van der Waals surface area (Å²) in [6, 6.07) is 12.8. The SMILES string of the molecule is O=C(Cn1cnc2ccccc2c1=O)Nc1ccnn1Cc1cccs1.